The van der Waals surface area contributed by atoms with E-state index in [1.165, 1.54) is 77.2 Å². The monoisotopic (exact) mass is 748 g/mol. The van der Waals surface area contributed by atoms with Crippen molar-refractivity contribution >= 4 is 60.2 Å². The average molecular weight is 749 g/mol. The molecule has 3 aromatic heterocycles. The molecule has 4 heteroatoms. The maximum atomic E-state index is 5.48. The zero-order valence-corrected chi connectivity index (χ0v) is 31.8. The van der Waals surface area contributed by atoms with Crippen LogP contribution in [0.3, 0.4) is 0 Å². The highest BCUT2D eigenvalue weighted by Gasteiger charge is 2.51. The van der Waals surface area contributed by atoms with Gasteiger partial charge in [0.25, 0.3) is 0 Å². The Morgan fingerprint density at radius 3 is 1.61 bits per heavy atom. The van der Waals surface area contributed by atoms with Crippen molar-refractivity contribution in [3.8, 4) is 39.3 Å². The third-order valence-corrected chi connectivity index (χ3v) is 13.3. The van der Waals surface area contributed by atoms with Gasteiger partial charge in [-0.2, -0.15) is 0 Å². The molecule has 2 aliphatic carbocycles. The van der Waals surface area contributed by atoms with Gasteiger partial charge in [0, 0.05) is 21.5 Å². The first-order valence-corrected chi connectivity index (χ1v) is 20.3. The molecule has 12 aromatic rings. The summed E-state index contributed by atoms with van der Waals surface area (Å²) in [6.45, 7) is 0. The van der Waals surface area contributed by atoms with Crippen molar-refractivity contribution in [1.29, 1.82) is 0 Å². The number of para-hydroxylation sites is 4. The predicted molar refractivity (Wildman–Crippen MR) is 242 cm³/mol. The summed E-state index contributed by atoms with van der Waals surface area (Å²) in [5, 5.41) is 5.79. The van der Waals surface area contributed by atoms with Crippen LogP contribution in [0.1, 0.15) is 22.3 Å². The van der Waals surface area contributed by atoms with E-state index in [2.05, 4.69) is 203 Å². The molecule has 0 atom stereocenters. The molecular weight excluding hydrogens is 717 g/mol. The Morgan fingerprint density at radius 1 is 0.356 bits per heavy atom. The molecule has 4 nitrogen and oxygen atoms in total. The molecule has 9 aromatic carbocycles. The molecule has 2 aliphatic rings. The van der Waals surface area contributed by atoms with Gasteiger partial charge in [0.05, 0.1) is 33.0 Å². The van der Waals surface area contributed by atoms with Crippen LogP contribution >= 0.6 is 0 Å². The van der Waals surface area contributed by atoms with Gasteiger partial charge in [-0.1, -0.05) is 152 Å². The standard InChI is InChI=1S/C55H32N4/c1-2-20-40-34(15-1)42(33-29-30-38-37-18-5-10-24-46(37)55(47(38)31-33)44-22-8-3-16-35(44)36-17-4-9-23-45(36)55)32-43-39-19-7-13-27-50(39)58(52(40)43)54-57-48-25-11-6-21-41(48)53-56-49-26-12-14-28-51(49)59(53)54/h1-32H. The van der Waals surface area contributed by atoms with Crippen LogP contribution in [0.4, 0.5) is 0 Å². The predicted octanol–water partition coefficient (Wildman–Crippen LogP) is 13.3. The Hall–Kier alpha value is -7.82. The van der Waals surface area contributed by atoms with Crippen molar-refractivity contribution in [2.24, 2.45) is 0 Å². The van der Waals surface area contributed by atoms with Gasteiger partial charge in [-0.05, 0) is 103 Å². The fourth-order valence-corrected chi connectivity index (χ4v) is 11.0. The first-order valence-electron chi connectivity index (χ1n) is 20.3. The summed E-state index contributed by atoms with van der Waals surface area (Å²) in [4.78, 5) is 10.7. The number of fused-ring (bicyclic) bond motifs is 20. The first kappa shape index (κ1) is 31.3. The van der Waals surface area contributed by atoms with Crippen molar-refractivity contribution in [3.05, 3.63) is 216 Å². The molecule has 1 spiro atoms. The van der Waals surface area contributed by atoms with Gasteiger partial charge in [0.2, 0.25) is 5.95 Å². The van der Waals surface area contributed by atoms with Gasteiger partial charge in [0.15, 0.2) is 0 Å². The number of nitrogens with zero attached hydrogens (tertiary/aromatic N) is 4. The van der Waals surface area contributed by atoms with Crippen molar-refractivity contribution in [2.45, 2.75) is 5.41 Å². The molecule has 0 fully saturated rings. The second kappa shape index (κ2) is 11.2. The summed E-state index contributed by atoms with van der Waals surface area (Å²) in [6.07, 6.45) is 0. The Balaban J connectivity index is 1.09. The van der Waals surface area contributed by atoms with Crippen LogP contribution in [0.5, 0.6) is 0 Å². The summed E-state index contributed by atoms with van der Waals surface area (Å²) >= 11 is 0. The Labute approximate surface area is 338 Å². The zero-order chi connectivity index (χ0) is 38.4. The van der Waals surface area contributed by atoms with E-state index in [0.29, 0.717) is 0 Å². The molecule has 272 valence electrons. The molecule has 0 N–H and O–H groups in total. The van der Waals surface area contributed by atoms with Crippen molar-refractivity contribution in [2.75, 3.05) is 0 Å². The SMILES string of the molecule is c1ccc2c(c1)-c1ccccc1C21c2ccccc2-c2ccc(-c3cc4c5ccccc5n(-c5nc6ccccc6c6nc7ccccc7n56)c4c4ccccc34)cc21. The van der Waals surface area contributed by atoms with Crippen LogP contribution in [-0.4, -0.2) is 18.9 Å². The smallest absolute Gasteiger partial charge is 0.221 e. The second-order valence-electron chi connectivity index (χ2n) is 16.1. The van der Waals surface area contributed by atoms with E-state index in [1.54, 1.807) is 0 Å². The van der Waals surface area contributed by atoms with E-state index in [4.69, 9.17) is 9.97 Å². The Bertz CT molecular complexity index is 3750. The van der Waals surface area contributed by atoms with Crippen LogP contribution in [-0.2, 0) is 5.41 Å². The van der Waals surface area contributed by atoms with Gasteiger partial charge in [-0.15, -0.1) is 0 Å². The maximum absolute atomic E-state index is 5.48. The van der Waals surface area contributed by atoms with E-state index in [9.17, 15) is 0 Å². The normalized spacial score (nSPS) is 13.6. The summed E-state index contributed by atoms with van der Waals surface area (Å²) in [6, 6.07) is 71.3. The van der Waals surface area contributed by atoms with Gasteiger partial charge in [0.1, 0.15) is 5.65 Å². The molecule has 0 saturated heterocycles. The highest BCUT2D eigenvalue weighted by atomic mass is 15.2. The lowest BCUT2D eigenvalue weighted by molar-refractivity contribution is 0.794. The van der Waals surface area contributed by atoms with Gasteiger partial charge in [-0.3, -0.25) is 8.97 Å². The van der Waals surface area contributed by atoms with Crippen LogP contribution in [0.25, 0.3) is 99.5 Å². The van der Waals surface area contributed by atoms with Crippen LogP contribution in [0.15, 0.2) is 194 Å². The fraction of sp³-hybridized carbons (Fsp3) is 0.0182. The van der Waals surface area contributed by atoms with E-state index in [0.717, 1.165) is 44.6 Å². The molecule has 59 heavy (non-hydrogen) atoms. The lowest BCUT2D eigenvalue weighted by atomic mass is 9.70. The number of rotatable bonds is 2. The number of benzene rings is 9. The Kier molecular flexibility index (Phi) is 5.93. The Morgan fingerprint density at radius 2 is 0.898 bits per heavy atom. The van der Waals surface area contributed by atoms with Crippen molar-refractivity contribution in [1.82, 2.24) is 18.9 Å². The molecule has 3 heterocycles. The zero-order valence-electron chi connectivity index (χ0n) is 31.8. The largest absolute Gasteiger partial charge is 0.278 e. The highest BCUT2D eigenvalue weighted by Crippen LogP contribution is 2.63. The first-order chi connectivity index (χ1) is 29.3. The minimum Gasteiger partial charge on any atom is -0.278 e. The van der Waals surface area contributed by atoms with Gasteiger partial charge >= 0.3 is 0 Å². The molecule has 0 saturated carbocycles. The van der Waals surface area contributed by atoms with Gasteiger partial charge in [-0.25, -0.2) is 9.97 Å². The molecule has 0 unspecified atom stereocenters. The topological polar surface area (TPSA) is 35.1 Å². The third kappa shape index (κ3) is 3.84. The van der Waals surface area contributed by atoms with Gasteiger partial charge < -0.3 is 0 Å². The summed E-state index contributed by atoms with van der Waals surface area (Å²) in [5.41, 5.74) is 18.7. The fourth-order valence-electron chi connectivity index (χ4n) is 11.0. The molecule has 0 bridgehead atoms. The van der Waals surface area contributed by atoms with Crippen LogP contribution in [0, 0.1) is 0 Å². The molecule has 0 radical (unpaired) electrons. The summed E-state index contributed by atoms with van der Waals surface area (Å²) in [7, 11) is 0. The van der Waals surface area contributed by atoms with E-state index >= 15 is 0 Å². The number of hydrogen-bond acceptors (Lipinski definition) is 2. The lowest BCUT2D eigenvalue weighted by Crippen LogP contribution is -2.25. The summed E-state index contributed by atoms with van der Waals surface area (Å²) in [5.74, 6) is 0.826. The number of aromatic nitrogens is 4. The van der Waals surface area contributed by atoms with Crippen LogP contribution in [0.2, 0.25) is 0 Å². The minimum atomic E-state index is -0.411. The highest BCUT2D eigenvalue weighted by molar-refractivity contribution is 6.22. The lowest BCUT2D eigenvalue weighted by Gasteiger charge is -2.30. The third-order valence-electron chi connectivity index (χ3n) is 13.3. The van der Waals surface area contributed by atoms with Crippen molar-refractivity contribution in [3.63, 3.8) is 0 Å². The molecule has 14 rings (SSSR count). The summed E-state index contributed by atoms with van der Waals surface area (Å²) < 4.78 is 4.63. The molecular formula is C55H32N4. The van der Waals surface area contributed by atoms with E-state index < -0.39 is 5.41 Å². The maximum Gasteiger partial charge on any atom is 0.221 e. The van der Waals surface area contributed by atoms with E-state index in [1.807, 2.05) is 0 Å². The van der Waals surface area contributed by atoms with E-state index in [-0.39, 0.29) is 0 Å². The minimum absolute atomic E-state index is 0.411. The second-order valence-corrected chi connectivity index (χ2v) is 16.1. The molecule has 0 aliphatic heterocycles. The average Bonchev–Trinajstić information content (AvgIpc) is 4.03. The number of imidazole rings is 1. The van der Waals surface area contributed by atoms with Crippen LogP contribution < -0.4 is 0 Å². The molecule has 0 amide bonds. The van der Waals surface area contributed by atoms with Crippen molar-refractivity contribution < 1.29 is 0 Å². The number of hydrogen-bond donors (Lipinski definition) is 0. The quantitative estimate of drug-likeness (QED) is 0.176.